The smallest absolute Gasteiger partial charge is 0.251 e. The van der Waals surface area contributed by atoms with Gasteiger partial charge >= 0.3 is 0 Å². The number of carbonyl (C=O) groups is 1. The van der Waals surface area contributed by atoms with Gasteiger partial charge in [0.2, 0.25) is 0 Å². The highest BCUT2D eigenvalue weighted by molar-refractivity contribution is 5.94. The van der Waals surface area contributed by atoms with Crippen LogP contribution in [0.5, 0.6) is 0 Å². The Labute approximate surface area is 109 Å². The number of nitrogens with one attached hydrogen (secondary N) is 1. The van der Waals surface area contributed by atoms with Crippen LogP contribution in [0.25, 0.3) is 0 Å². The Balaban J connectivity index is 2.68. The largest absolute Gasteiger partial charge is 0.348 e. The molecule has 1 rings (SSSR count). The first-order valence-corrected chi connectivity index (χ1v) is 6.15. The van der Waals surface area contributed by atoms with E-state index in [-0.39, 0.29) is 5.91 Å². The highest BCUT2D eigenvalue weighted by Gasteiger charge is 2.04. The van der Waals surface area contributed by atoms with Crippen molar-refractivity contribution >= 4 is 5.91 Å². The van der Waals surface area contributed by atoms with Crippen molar-refractivity contribution in [3.63, 3.8) is 0 Å². The summed E-state index contributed by atoms with van der Waals surface area (Å²) < 4.78 is 0. The lowest BCUT2D eigenvalue weighted by atomic mass is 10.1. The maximum absolute atomic E-state index is 11.9. The van der Waals surface area contributed by atoms with Crippen molar-refractivity contribution in [1.29, 1.82) is 0 Å². The van der Waals surface area contributed by atoms with Gasteiger partial charge in [-0.2, -0.15) is 0 Å². The summed E-state index contributed by atoms with van der Waals surface area (Å²) in [5, 5.41) is 2.94. The second-order valence-electron chi connectivity index (χ2n) is 4.80. The fraction of sp³-hybridized carbons (Fsp3) is 0.312. The molecule has 1 amide bonds. The lowest BCUT2D eigenvalue weighted by Crippen LogP contribution is -2.25. The van der Waals surface area contributed by atoms with Gasteiger partial charge in [0, 0.05) is 12.1 Å². The van der Waals surface area contributed by atoms with Crippen LogP contribution in [-0.4, -0.2) is 12.5 Å². The van der Waals surface area contributed by atoms with Crippen LogP contribution in [0.4, 0.5) is 0 Å². The predicted molar refractivity (Wildman–Crippen MR) is 76.6 cm³/mol. The molecule has 0 heterocycles. The number of allylic oxidation sites excluding steroid dienone is 2. The Morgan fingerprint density at radius 2 is 1.72 bits per heavy atom. The summed E-state index contributed by atoms with van der Waals surface area (Å²) in [5.41, 5.74) is 4.33. The van der Waals surface area contributed by atoms with E-state index in [1.54, 1.807) is 0 Å². The highest BCUT2D eigenvalue weighted by Crippen LogP contribution is 2.07. The molecule has 0 aromatic heterocycles. The third-order valence-electron chi connectivity index (χ3n) is 2.58. The molecular formula is C16H21NO. The molecule has 1 aromatic rings. The van der Waals surface area contributed by atoms with E-state index >= 15 is 0 Å². The Bertz CT molecular complexity index is 461. The number of carbonyl (C=O) groups excluding carboxylic acids is 1. The second-order valence-corrected chi connectivity index (χ2v) is 4.80. The SMILES string of the molecule is CC(C)=CC(CNC(=O)c1ccccc1)=C(C)C. The van der Waals surface area contributed by atoms with E-state index in [9.17, 15) is 4.79 Å². The zero-order chi connectivity index (χ0) is 13.5. The van der Waals surface area contributed by atoms with Gasteiger partial charge in [-0.05, 0) is 45.4 Å². The van der Waals surface area contributed by atoms with Crippen molar-refractivity contribution in [1.82, 2.24) is 5.32 Å². The fourth-order valence-electron chi connectivity index (χ4n) is 1.59. The van der Waals surface area contributed by atoms with Crippen LogP contribution in [-0.2, 0) is 0 Å². The fourth-order valence-corrected chi connectivity index (χ4v) is 1.59. The first-order chi connectivity index (χ1) is 8.50. The summed E-state index contributed by atoms with van der Waals surface area (Å²) in [6, 6.07) is 9.28. The Morgan fingerprint density at radius 3 is 2.22 bits per heavy atom. The maximum Gasteiger partial charge on any atom is 0.251 e. The summed E-state index contributed by atoms with van der Waals surface area (Å²) in [7, 11) is 0. The first-order valence-electron chi connectivity index (χ1n) is 6.15. The van der Waals surface area contributed by atoms with Crippen LogP contribution >= 0.6 is 0 Å². The van der Waals surface area contributed by atoms with Crippen LogP contribution in [0.3, 0.4) is 0 Å². The van der Waals surface area contributed by atoms with E-state index in [2.05, 4.69) is 39.1 Å². The molecule has 2 heteroatoms. The minimum absolute atomic E-state index is 0.0310. The normalized spacial score (nSPS) is 9.56. The average Bonchev–Trinajstić information content (AvgIpc) is 2.34. The number of amides is 1. The van der Waals surface area contributed by atoms with Crippen LogP contribution in [0.2, 0.25) is 0 Å². The first kappa shape index (κ1) is 14.2. The van der Waals surface area contributed by atoms with Gasteiger partial charge in [0.15, 0.2) is 0 Å². The van der Waals surface area contributed by atoms with Crippen molar-refractivity contribution in [3.05, 3.63) is 58.7 Å². The monoisotopic (exact) mass is 243 g/mol. The number of benzene rings is 1. The molecule has 2 nitrogen and oxygen atoms in total. The van der Waals surface area contributed by atoms with E-state index in [1.807, 2.05) is 30.3 Å². The maximum atomic E-state index is 11.9. The molecule has 0 radical (unpaired) electrons. The summed E-state index contributed by atoms with van der Waals surface area (Å²) in [6.45, 7) is 8.80. The molecule has 0 unspecified atom stereocenters. The van der Waals surface area contributed by atoms with Gasteiger partial charge in [0.1, 0.15) is 0 Å². The van der Waals surface area contributed by atoms with Crippen LogP contribution < -0.4 is 5.32 Å². The minimum Gasteiger partial charge on any atom is -0.348 e. The van der Waals surface area contributed by atoms with Gasteiger partial charge in [-0.15, -0.1) is 0 Å². The van der Waals surface area contributed by atoms with Crippen molar-refractivity contribution < 1.29 is 4.79 Å². The Hall–Kier alpha value is -1.83. The third-order valence-corrected chi connectivity index (χ3v) is 2.58. The molecule has 0 aliphatic heterocycles. The van der Waals surface area contributed by atoms with Gasteiger partial charge in [-0.25, -0.2) is 0 Å². The van der Waals surface area contributed by atoms with Crippen LogP contribution in [0.1, 0.15) is 38.1 Å². The summed E-state index contributed by atoms with van der Waals surface area (Å²) in [4.78, 5) is 11.9. The standard InChI is InChI=1S/C16H21NO/c1-12(2)10-15(13(3)4)11-17-16(18)14-8-6-5-7-9-14/h5-10H,11H2,1-4H3,(H,17,18). The topological polar surface area (TPSA) is 29.1 Å². The van der Waals surface area contributed by atoms with Gasteiger partial charge in [0.05, 0.1) is 0 Å². The van der Waals surface area contributed by atoms with E-state index in [0.717, 1.165) is 0 Å². The molecule has 96 valence electrons. The zero-order valence-electron chi connectivity index (χ0n) is 11.6. The van der Waals surface area contributed by atoms with Gasteiger partial charge in [0.25, 0.3) is 5.91 Å². The summed E-state index contributed by atoms with van der Waals surface area (Å²) in [5.74, 6) is -0.0310. The molecule has 0 fully saturated rings. The average molecular weight is 243 g/mol. The van der Waals surface area contributed by atoms with E-state index in [1.165, 1.54) is 16.7 Å². The molecule has 0 bridgehead atoms. The molecule has 0 saturated heterocycles. The molecule has 0 spiro atoms. The number of hydrogen-bond acceptors (Lipinski definition) is 1. The van der Waals surface area contributed by atoms with Gasteiger partial charge in [-0.1, -0.05) is 35.4 Å². The Kier molecular flexibility index (Phi) is 5.37. The molecule has 0 atom stereocenters. The number of hydrogen-bond donors (Lipinski definition) is 1. The van der Waals surface area contributed by atoms with Gasteiger partial charge in [-0.3, -0.25) is 4.79 Å². The molecule has 1 aromatic carbocycles. The number of rotatable bonds is 4. The van der Waals surface area contributed by atoms with E-state index in [4.69, 9.17) is 0 Å². The molecule has 18 heavy (non-hydrogen) atoms. The third kappa shape index (κ3) is 4.58. The molecule has 1 N–H and O–H groups in total. The summed E-state index contributed by atoms with van der Waals surface area (Å²) in [6.07, 6.45) is 2.11. The van der Waals surface area contributed by atoms with Crippen LogP contribution in [0.15, 0.2) is 53.1 Å². The van der Waals surface area contributed by atoms with E-state index < -0.39 is 0 Å². The van der Waals surface area contributed by atoms with E-state index in [0.29, 0.717) is 12.1 Å². The van der Waals surface area contributed by atoms with Crippen molar-refractivity contribution in [3.8, 4) is 0 Å². The zero-order valence-corrected chi connectivity index (χ0v) is 11.6. The predicted octanol–water partition coefficient (Wildman–Crippen LogP) is 3.72. The van der Waals surface area contributed by atoms with Crippen molar-refractivity contribution in [2.75, 3.05) is 6.54 Å². The van der Waals surface area contributed by atoms with Gasteiger partial charge < -0.3 is 5.32 Å². The lowest BCUT2D eigenvalue weighted by Gasteiger charge is -2.09. The minimum atomic E-state index is -0.0310. The molecule has 0 aliphatic carbocycles. The summed E-state index contributed by atoms with van der Waals surface area (Å²) >= 11 is 0. The quantitative estimate of drug-likeness (QED) is 0.802. The van der Waals surface area contributed by atoms with Crippen molar-refractivity contribution in [2.45, 2.75) is 27.7 Å². The molecular weight excluding hydrogens is 222 g/mol. The highest BCUT2D eigenvalue weighted by atomic mass is 16.1. The lowest BCUT2D eigenvalue weighted by molar-refractivity contribution is 0.0957. The molecule has 0 aliphatic rings. The molecule has 0 saturated carbocycles. The second kappa shape index (κ2) is 6.80. The Morgan fingerprint density at radius 1 is 1.11 bits per heavy atom. The van der Waals surface area contributed by atoms with Crippen molar-refractivity contribution in [2.24, 2.45) is 0 Å². The van der Waals surface area contributed by atoms with Crippen LogP contribution in [0, 0.1) is 0 Å².